The van der Waals surface area contributed by atoms with Gasteiger partial charge in [-0.1, -0.05) is 55.5 Å². The van der Waals surface area contributed by atoms with E-state index in [9.17, 15) is 4.79 Å². The molecule has 1 N–H and O–H groups in total. The summed E-state index contributed by atoms with van der Waals surface area (Å²) in [4.78, 5) is 13.0. The van der Waals surface area contributed by atoms with Crippen molar-refractivity contribution in [2.45, 2.75) is 51.9 Å². The number of hydrogen-bond acceptors (Lipinski definition) is 3. The Morgan fingerprint density at radius 2 is 1.66 bits per heavy atom. The van der Waals surface area contributed by atoms with Crippen molar-refractivity contribution in [2.75, 3.05) is 13.7 Å². The summed E-state index contributed by atoms with van der Waals surface area (Å²) in [7, 11) is 1.67. The summed E-state index contributed by atoms with van der Waals surface area (Å²) in [6.07, 6.45) is 7.99. The fourth-order valence-electron chi connectivity index (χ4n) is 4.17. The lowest BCUT2D eigenvalue weighted by Crippen LogP contribution is -2.18. The molecule has 29 heavy (non-hydrogen) atoms. The summed E-state index contributed by atoms with van der Waals surface area (Å²) in [5, 5.41) is 3.71. The first-order chi connectivity index (χ1) is 14.2. The summed E-state index contributed by atoms with van der Waals surface area (Å²) < 4.78 is 12.4. The van der Waals surface area contributed by atoms with Gasteiger partial charge in [0.15, 0.2) is 0 Å². The van der Waals surface area contributed by atoms with Crippen LogP contribution in [0.15, 0.2) is 40.8 Å². The molecule has 1 aromatic heterocycles. The van der Waals surface area contributed by atoms with Crippen molar-refractivity contribution >= 4 is 16.9 Å². The van der Waals surface area contributed by atoms with Gasteiger partial charge >= 0.3 is 0 Å². The Morgan fingerprint density at radius 3 is 2.41 bits per heavy atom. The SMILES string of the molecule is CNC(=O)c1c(-c2ccc(C)cc2)oc2ccc3c(c12)CCCCCCCCO3. The maximum absolute atomic E-state index is 13.0. The van der Waals surface area contributed by atoms with Crippen LogP contribution in [0.5, 0.6) is 5.75 Å². The van der Waals surface area contributed by atoms with Gasteiger partial charge in [-0.05, 0) is 38.3 Å². The lowest BCUT2D eigenvalue weighted by Gasteiger charge is -2.13. The minimum atomic E-state index is -0.123. The maximum Gasteiger partial charge on any atom is 0.255 e. The third-order valence-electron chi connectivity index (χ3n) is 5.77. The quantitative estimate of drug-likeness (QED) is 0.579. The van der Waals surface area contributed by atoms with Crippen molar-refractivity contribution in [1.29, 1.82) is 0 Å². The van der Waals surface area contributed by atoms with E-state index in [2.05, 4.69) is 12.2 Å². The molecular weight excluding hydrogens is 362 g/mol. The van der Waals surface area contributed by atoms with E-state index in [4.69, 9.17) is 9.15 Å². The molecule has 2 aromatic carbocycles. The van der Waals surface area contributed by atoms with Crippen LogP contribution in [0.25, 0.3) is 22.3 Å². The molecule has 1 aliphatic heterocycles. The zero-order valence-electron chi connectivity index (χ0n) is 17.3. The number of amides is 1. The molecule has 0 saturated heterocycles. The molecule has 0 radical (unpaired) electrons. The van der Waals surface area contributed by atoms with E-state index in [0.717, 1.165) is 53.7 Å². The highest BCUT2D eigenvalue weighted by Gasteiger charge is 2.25. The van der Waals surface area contributed by atoms with Gasteiger partial charge in [0, 0.05) is 23.6 Å². The molecule has 1 amide bonds. The van der Waals surface area contributed by atoms with Crippen molar-refractivity contribution in [1.82, 2.24) is 5.32 Å². The molecule has 152 valence electrons. The molecule has 4 nitrogen and oxygen atoms in total. The number of ether oxygens (including phenoxy) is 1. The Labute approximate surface area is 172 Å². The Hall–Kier alpha value is -2.75. The molecule has 4 rings (SSSR count). The fourth-order valence-corrected chi connectivity index (χ4v) is 4.17. The van der Waals surface area contributed by atoms with Gasteiger partial charge in [0.25, 0.3) is 5.91 Å². The Morgan fingerprint density at radius 1 is 0.931 bits per heavy atom. The van der Waals surface area contributed by atoms with Gasteiger partial charge in [0.2, 0.25) is 0 Å². The average Bonchev–Trinajstić information content (AvgIpc) is 3.10. The number of furan rings is 1. The molecule has 0 aliphatic carbocycles. The van der Waals surface area contributed by atoms with Crippen LogP contribution in [0.4, 0.5) is 0 Å². The minimum absolute atomic E-state index is 0.123. The number of aryl methyl sites for hydroxylation is 2. The summed E-state index contributed by atoms with van der Waals surface area (Å²) in [6.45, 7) is 2.77. The van der Waals surface area contributed by atoms with Gasteiger partial charge in [-0.15, -0.1) is 0 Å². The Kier molecular flexibility index (Phi) is 5.89. The third kappa shape index (κ3) is 4.02. The van der Waals surface area contributed by atoms with Crippen molar-refractivity contribution in [2.24, 2.45) is 0 Å². The zero-order valence-corrected chi connectivity index (χ0v) is 17.3. The van der Waals surface area contributed by atoms with E-state index >= 15 is 0 Å². The molecule has 0 fully saturated rings. The van der Waals surface area contributed by atoms with E-state index in [1.807, 2.05) is 36.4 Å². The number of benzene rings is 2. The predicted molar refractivity (Wildman–Crippen MR) is 117 cm³/mol. The monoisotopic (exact) mass is 391 g/mol. The highest BCUT2D eigenvalue weighted by atomic mass is 16.5. The normalized spacial score (nSPS) is 15.2. The van der Waals surface area contributed by atoms with Gasteiger partial charge in [-0.3, -0.25) is 4.79 Å². The van der Waals surface area contributed by atoms with Crippen LogP contribution < -0.4 is 10.1 Å². The Balaban J connectivity index is 1.91. The van der Waals surface area contributed by atoms with E-state index in [0.29, 0.717) is 11.3 Å². The molecule has 1 aliphatic rings. The fraction of sp³-hybridized carbons (Fsp3) is 0.400. The van der Waals surface area contributed by atoms with Crippen LogP contribution in [-0.4, -0.2) is 19.6 Å². The molecular formula is C25H29NO3. The molecule has 0 unspecified atom stereocenters. The first-order valence-corrected chi connectivity index (χ1v) is 10.7. The topological polar surface area (TPSA) is 51.5 Å². The van der Waals surface area contributed by atoms with Gasteiger partial charge < -0.3 is 14.5 Å². The van der Waals surface area contributed by atoms with E-state index in [-0.39, 0.29) is 5.91 Å². The van der Waals surface area contributed by atoms with Gasteiger partial charge in [-0.25, -0.2) is 0 Å². The molecule has 0 spiro atoms. The van der Waals surface area contributed by atoms with Crippen molar-refractivity contribution in [3.05, 3.63) is 53.1 Å². The lowest BCUT2D eigenvalue weighted by molar-refractivity contribution is 0.0964. The average molecular weight is 392 g/mol. The summed E-state index contributed by atoms with van der Waals surface area (Å²) in [5.41, 5.74) is 4.55. The largest absolute Gasteiger partial charge is 0.493 e. The number of hydrogen-bond donors (Lipinski definition) is 1. The van der Waals surface area contributed by atoms with Crippen LogP contribution in [0.2, 0.25) is 0 Å². The van der Waals surface area contributed by atoms with Crippen molar-refractivity contribution < 1.29 is 13.9 Å². The van der Waals surface area contributed by atoms with Crippen LogP contribution in [0.1, 0.15) is 60.0 Å². The Bertz CT molecular complexity index is 1000. The molecule has 0 atom stereocenters. The third-order valence-corrected chi connectivity index (χ3v) is 5.77. The first-order valence-electron chi connectivity index (χ1n) is 10.7. The number of nitrogens with one attached hydrogen (secondary N) is 1. The number of carbonyl (C=O) groups is 1. The highest BCUT2D eigenvalue weighted by molar-refractivity contribution is 6.12. The second kappa shape index (κ2) is 8.73. The standard InChI is InChI=1S/C25H29NO3/c1-17-10-12-18(13-11-17)24-23(25(27)26-2)22-19-9-7-5-3-4-6-8-16-28-20(19)14-15-21(22)29-24/h10-15H,3-9,16H2,1-2H3,(H,26,27). The second-order valence-corrected chi connectivity index (χ2v) is 7.89. The summed E-state index contributed by atoms with van der Waals surface area (Å²) in [6, 6.07) is 12.1. The number of fused-ring (bicyclic) bond motifs is 3. The lowest BCUT2D eigenvalue weighted by atomic mass is 9.96. The molecule has 0 bridgehead atoms. The summed E-state index contributed by atoms with van der Waals surface area (Å²) in [5.74, 6) is 1.39. The predicted octanol–water partition coefficient (Wildman–Crippen LogP) is 6.04. The van der Waals surface area contributed by atoms with E-state index in [1.54, 1.807) is 7.05 Å². The van der Waals surface area contributed by atoms with Crippen molar-refractivity contribution in [3.63, 3.8) is 0 Å². The molecule has 2 heterocycles. The van der Waals surface area contributed by atoms with E-state index < -0.39 is 0 Å². The van der Waals surface area contributed by atoms with Crippen molar-refractivity contribution in [3.8, 4) is 17.1 Å². The van der Waals surface area contributed by atoms with Crippen LogP contribution >= 0.6 is 0 Å². The first kappa shape index (κ1) is 19.6. The highest BCUT2D eigenvalue weighted by Crippen LogP contribution is 2.40. The van der Waals surface area contributed by atoms with Gasteiger partial charge in [-0.2, -0.15) is 0 Å². The molecule has 4 heteroatoms. The smallest absolute Gasteiger partial charge is 0.255 e. The number of carbonyl (C=O) groups excluding carboxylic acids is 1. The summed E-state index contributed by atoms with van der Waals surface area (Å²) >= 11 is 0. The van der Waals surface area contributed by atoms with E-state index in [1.165, 1.54) is 31.2 Å². The van der Waals surface area contributed by atoms with Gasteiger partial charge in [0.05, 0.1) is 12.2 Å². The number of rotatable bonds is 2. The molecule has 0 saturated carbocycles. The van der Waals surface area contributed by atoms with Crippen LogP contribution in [0.3, 0.4) is 0 Å². The second-order valence-electron chi connectivity index (χ2n) is 7.89. The molecule has 3 aromatic rings. The van der Waals surface area contributed by atoms with Gasteiger partial charge in [0.1, 0.15) is 17.1 Å². The van der Waals surface area contributed by atoms with Crippen LogP contribution in [-0.2, 0) is 6.42 Å². The minimum Gasteiger partial charge on any atom is -0.493 e. The van der Waals surface area contributed by atoms with Crippen LogP contribution in [0, 0.1) is 6.92 Å². The zero-order chi connectivity index (χ0) is 20.2. The maximum atomic E-state index is 13.0.